The van der Waals surface area contributed by atoms with Crippen LogP contribution in [-0.2, 0) is 20.9 Å². The zero-order valence-electron chi connectivity index (χ0n) is 13.4. The standard InChI is InChI=1S/C15H25N3O3/c1-6-21-14(20)12(15(3,4)5)13(19)17-11(2)9-18-8-7-16-10-18/h7-8,10-12H,6,9H2,1-5H3,(H,17,19). The molecule has 1 aromatic rings. The molecule has 0 radical (unpaired) electrons. The van der Waals surface area contributed by atoms with Crippen LogP contribution < -0.4 is 5.32 Å². The van der Waals surface area contributed by atoms with Gasteiger partial charge < -0.3 is 14.6 Å². The second-order valence-corrected chi connectivity index (χ2v) is 6.22. The van der Waals surface area contributed by atoms with Gasteiger partial charge >= 0.3 is 5.97 Å². The molecule has 0 aromatic carbocycles. The number of imidazole rings is 1. The molecule has 118 valence electrons. The predicted octanol–water partition coefficient (Wildman–Crippen LogP) is 1.61. The van der Waals surface area contributed by atoms with Gasteiger partial charge in [-0.15, -0.1) is 0 Å². The summed E-state index contributed by atoms with van der Waals surface area (Å²) in [5.74, 6) is -1.59. The maximum atomic E-state index is 12.4. The molecule has 0 fully saturated rings. The van der Waals surface area contributed by atoms with Crippen LogP contribution in [0.5, 0.6) is 0 Å². The summed E-state index contributed by atoms with van der Waals surface area (Å²) in [6.07, 6.45) is 5.20. The molecule has 1 aromatic heterocycles. The van der Waals surface area contributed by atoms with Crippen LogP contribution in [-0.4, -0.2) is 34.1 Å². The molecular weight excluding hydrogens is 270 g/mol. The van der Waals surface area contributed by atoms with Gasteiger partial charge in [-0.2, -0.15) is 0 Å². The van der Waals surface area contributed by atoms with Crippen molar-refractivity contribution in [1.29, 1.82) is 0 Å². The molecule has 0 bridgehead atoms. The Balaban J connectivity index is 2.70. The van der Waals surface area contributed by atoms with Crippen LogP contribution in [0.15, 0.2) is 18.7 Å². The number of hydrogen-bond acceptors (Lipinski definition) is 4. The summed E-state index contributed by atoms with van der Waals surface area (Å²) < 4.78 is 6.90. The van der Waals surface area contributed by atoms with Crippen LogP contribution in [0, 0.1) is 11.3 Å². The highest BCUT2D eigenvalue weighted by Crippen LogP contribution is 2.27. The normalized spacial score (nSPS) is 14.3. The van der Waals surface area contributed by atoms with Crippen LogP contribution >= 0.6 is 0 Å². The summed E-state index contributed by atoms with van der Waals surface area (Å²) in [7, 11) is 0. The van der Waals surface area contributed by atoms with E-state index in [2.05, 4.69) is 10.3 Å². The summed E-state index contributed by atoms with van der Waals surface area (Å²) >= 11 is 0. The first-order chi connectivity index (χ1) is 9.75. The Labute approximate surface area is 125 Å². The molecule has 1 heterocycles. The van der Waals surface area contributed by atoms with Gasteiger partial charge in [0.2, 0.25) is 5.91 Å². The molecule has 0 spiro atoms. The molecule has 0 saturated heterocycles. The molecule has 0 saturated carbocycles. The van der Waals surface area contributed by atoms with Gasteiger partial charge in [-0.05, 0) is 19.3 Å². The average molecular weight is 295 g/mol. The Morgan fingerprint density at radius 1 is 1.38 bits per heavy atom. The van der Waals surface area contributed by atoms with Gasteiger partial charge in [-0.3, -0.25) is 9.59 Å². The van der Waals surface area contributed by atoms with Crippen LogP contribution in [0.2, 0.25) is 0 Å². The SMILES string of the molecule is CCOC(=O)C(C(=O)NC(C)Cn1ccnc1)C(C)(C)C. The van der Waals surface area contributed by atoms with E-state index in [1.807, 2.05) is 38.5 Å². The summed E-state index contributed by atoms with van der Waals surface area (Å²) in [6.45, 7) is 10.1. The first kappa shape index (κ1) is 17.2. The number of ether oxygens (including phenoxy) is 1. The zero-order chi connectivity index (χ0) is 16.0. The Kier molecular flexibility index (Phi) is 5.93. The number of amides is 1. The molecule has 1 amide bonds. The van der Waals surface area contributed by atoms with Crippen molar-refractivity contribution in [3.8, 4) is 0 Å². The molecule has 0 aliphatic heterocycles. The maximum Gasteiger partial charge on any atom is 0.319 e. The van der Waals surface area contributed by atoms with Crippen molar-refractivity contribution in [1.82, 2.24) is 14.9 Å². The van der Waals surface area contributed by atoms with Gasteiger partial charge in [0.25, 0.3) is 0 Å². The predicted molar refractivity (Wildman–Crippen MR) is 79.4 cm³/mol. The zero-order valence-corrected chi connectivity index (χ0v) is 13.4. The topological polar surface area (TPSA) is 73.2 Å². The van der Waals surface area contributed by atoms with Crippen molar-refractivity contribution in [3.63, 3.8) is 0 Å². The number of rotatable bonds is 6. The first-order valence-corrected chi connectivity index (χ1v) is 7.18. The molecule has 6 heteroatoms. The summed E-state index contributed by atoms with van der Waals surface area (Å²) in [5.41, 5.74) is -0.495. The van der Waals surface area contributed by atoms with Crippen molar-refractivity contribution in [3.05, 3.63) is 18.7 Å². The Morgan fingerprint density at radius 2 is 2.05 bits per heavy atom. The first-order valence-electron chi connectivity index (χ1n) is 7.18. The third-order valence-corrected chi connectivity index (χ3v) is 3.08. The number of nitrogens with one attached hydrogen (secondary N) is 1. The number of esters is 1. The van der Waals surface area contributed by atoms with E-state index < -0.39 is 17.3 Å². The Hall–Kier alpha value is -1.85. The van der Waals surface area contributed by atoms with E-state index in [0.717, 1.165) is 0 Å². The molecule has 1 rings (SSSR count). The minimum absolute atomic E-state index is 0.106. The molecule has 0 aliphatic carbocycles. The third kappa shape index (κ3) is 5.21. The number of nitrogens with zero attached hydrogens (tertiary/aromatic N) is 2. The third-order valence-electron chi connectivity index (χ3n) is 3.08. The van der Waals surface area contributed by atoms with Gasteiger partial charge in [-0.25, -0.2) is 4.98 Å². The molecular formula is C15H25N3O3. The second kappa shape index (κ2) is 7.24. The fourth-order valence-electron chi connectivity index (χ4n) is 2.16. The average Bonchev–Trinajstić information content (AvgIpc) is 2.79. The highest BCUT2D eigenvalue weighted by Gasteiger charge is 2.39. The van der Waals surface area contributed by atoms with Crippen molar-refractivity contribution in [2.24, 2.45) is 11.3 Å². The molecule has 1 N–H and O–H groups in total. The summed E-state index contributed by atoms with van der Waals surface area (Å²) in [6, 6.07) is -0.106. The second-order valence-electron chi connectivity index (χ2n) is 6.22. The van der Waals surface area contributed by atoms with Gasteiger partial charge in [0, 0.05) is 25.0 Å². The lowest BCUT2D eigenvalue weighted by Gasteiger charge is -2.29. The van der Waals surface area contributed by atoms with Gasteiger partial charge in [0.05, 0.1) is 12.9 Å². The van der Waals surface area contributed by atoms with Crippen molar-refractivity contribution in [2.75, 3.05) is 6.61 Å². The quantitative estimate of drug-likeness (QED) is 0.639. The lowest BCUT2D eigenvalue weighted by atomic mass is 9.80. The smallest absolute Gasteiger partial charge is 0.319 e. The van der Waals surface area contributed by atoms with E-state index >= 15 is 0 Å². The Bertz CT molecular complexity index is 463. The van der Waals surface area contributed by atoms with Gasteiger partial charge in [0.15, 0.2) is 0 Å². The van der Waals surface area contributed by atoms with Crippen LogP contribution in [0.25, 0.3) is 0 Å². The van der Waals surface area contributed by atoms with Crippen LogP contribution in [0.3, 0.4) is 0 Å². The van der Waals surface area contributed by atoms with E-state index in [1.54, 1.807) is 19.4 Å². The fraction of sp³-hybridized carbons (Fsp3) is 0.667. The van der Waals surface area contributed by atoms with E-state index in [0.29, 0.717) is 6.54 Å². The van der Waals surface area contributed by atoms with Crippen LogP contribution in [0.1, 0.15) is 34.6 Å². The minimum atomic E-state index is -0.817. The molecule has 6 nitrogen and oxygen atoms in total. The molecule has 2 unspecified atom stereocenters. The van der Waals surface area contributed by atoms with Crippen molar-refractivity contribution in [2.45, 2.75) is 47.2 Å². The number of carbonyl (C=O) groups excluding carboxylic acids is 2. The number of aromatic nitrogens is 2. The maximum absolute atomic E-state index is 12.4. The summed E-state index contributed by atoms with van der Waals surface area (Å²) in [4.78, 5) is 28.4. The highest BCUT2D eigenvalue weighted by molar-refractivity contribution is 5.98. The van der Waals surface area contributed by atoms with Gasteiger partial charge in [-0.1, -0.05) is 20.8 Å². The summed E-state index contributed by atoms with van der Waals surface area (Å²) in [5, 5.41) is 2.88. The minimum Gasteiger partial charge on any atom is -0.465 e. The van der Waals surface area contributed by atoms with E-state index in [4.69, 9.17) is 4.74 Å². The lowest BCUT2D eigenvalue weighted by Crippen LogP contribution is -2.47. The number of hydrogen-bond donors (Lipinski definition) is 1. The van der Waals surface area contributed by atoms with Crippen molar-refractivity contribution >= 4 is 11.9 Å². The molecule has 2 atom stereocenters. The van der Waals surface area contributed by atoms with E-state index in [-0.39, 0.29) is 18.6 Å². The molecule has 0 aliphatic rings. The highest BCUT2D eigenvalue weighted by atomic mass is 16.5. The number of carbonyl (C=O) groups is 2. The molecule has 21 heavy (non-hydrogen) atoms. The van der Waals surface area contributed by atoms with Crippen molar-refractivity contribution < 1.29 is 14.3 Å². The Morgan fingerprint density at radius 3 is 2.52 bits per heavy atom. The van der Waals surface area contributed by atoms with E-state index in [9.17, 15) is 9.59 Å². The lowest BCUT2D eigenvalue weighted by molar-refractivity contribution is -0.156. The van der Waals surface area contributed by atoms with Crippen LogP contribution in [0.4, 0.5) is 0 Å². The van der Waals surface area contributed by atoms with Gasteiger partial charge in [0.1, 0.15) is 5.92 Å². The monoisotopic (exact) mass is 295 g/mol. The fourth-order valence-corrected chi connectivity index (χ4v) is 2.16. The largest absolute Gasteiger partial charge is 0.465 e. The van der Waals surface area contributed by atoms with E-state index in [1.165, 1.54) is 0 Å².